The summed E-state index contributed by atoms with van der Waals surface area (Å²) < 4.78 is 80.9. The van der Waals surface area contributed by atoms with E-state index in [9.17, 15) is 35.1 Å². The van der Waals surface area contributed by atoms with Crippen LogP contribution in [-0.2, 0) is 66.4 Å². The molecule has 1 aromatic heterocycles. The van der Waals surface area contributed by atoms with Crippen molar-refractivity contribution in [3.63, 3.8) is 0 Å². The van der Waals surface area contributed by atoms with Crippen LogP contribution in [0.3, 0.4) is 0 Å². The lowest BCUT2D eigenvalue weighted by molar-refractivity contribution is -0.356. The summed E-state index contributed by atoms with van der Waals surface area (Å²) in [5.41, 5.74) is -6.93. The maximum atomic E-state index is 13.7. The Bertz CT molecular complexity index is 2230. The quantitative estimate of drug-likeness (QED) is 0.125. The number of aliphatic hydroxyl groups excluding tert-OH is 2. The van der Waals surface area contributed by atoms with E-state index in [1.807, 2.05) is 26.8 Å². The number of pyridine rings is 1. The van der Waals surface area contributed by atoms with Crippen LogP contribution in [0.4, 0.5) is 0 Å². The number of Topliss-reactive ketones (excluding diaryl/α,β-unsaturated/α-hetero) is 1. The smallest absolute Gasteiger partial charge is 0.339 e. The zero-order valence-electron chi connectivity index (χ0n) is 45.8. The Labute approximate surface area is 445 Å². The first-order valence-electron chi connectivity index (χ1n) is 27.2. The number of aliphatic hydroxyl groups is 5. The molecule has 3 saturated carbocycles. The average Bonchev–Trinajstić information content (AvgIpc) is 3.63. The summed E-state index contributed by atoms with van der Waals surface area (Å²) in [5.74, 6) is -1.86. The third-order valence-corrected chi connectivity index (χ3v) is 19.4. The second-order valence-corrected chi connectivity index (χ2v) is 23.2. The van der Waals surface area contributed by atoms with Gasteiger partial charge in [0, 0.05) is 66.0 Å². The van der Waals surface area contributed by atoms with E-state index in [4.69, 9.17) is 61.6 Å². The fourth-order valence-corrected chi connectivity index (χ4v) is 14.8. The van der Waals surface area contributed by atoms with Crippen LogP contribution in [-0.4, -0.2) is 204 Å². The van der Waals surface area contributed by atoms with Gasteiger partial charge in [-0.3, -0.25) is 9.78 Å². The van der Waals surface area contributed by atoms with Crippen molar-refractivity contribution in [2.75, 3.05) is 28.4 Å². The van der Waals surface area contributed by atoms with Crippen molar-refractivity contribution in [1.82, 2.24) is 4.98 Å². The number of nitrogens with zero attached hydrogens (tertiary/aromatic N) is 1. The van der Waals surface area contributed by atoms with E-state index in [2.05, 4.69) is 11.9 Å². The van der Waals surface area contributed by atoms with Crippen molar-refractivity contribution in [2.45, 2.75) is 246 Å². The van der Waals surface area contributed by atoms with Gasteiger partial charge in [0.2, 0.25) is 0 Å². The molecule has 5 N–H and O–H groups in total. The maximum absolute atomic E-state index is 13.7. The molecule has 25 atom stereocenters. The molecule has 4 aliphatic heterocycles. The van der Waals surface area contributed by atoms with E-state index >= 15 is 0 Å². The van der Waals surface area contributed by atoms with Crippen molar-refractivity contribution in [3.8, 4) is 0 Å². The van der Waals surface area contributed by atoms with Crippen LogP contribution in [0.25, 0.3) is 0 Å². The number of hydrogen-bond donors (Lipinski definition) is 5. The molecule has 21 heteroatoms. The molecule has 0 unspecified atom stereocenters. The molecule has 0 aromatic carbocycles. The Morgan fingerprint density at radius 3 is 1.78 bits per heavy atom. The van der Waals surface area contributed by atoms with Crippen LogP contribution in [0.15, 0.2) is 36.2 Å². The number of ketones is 1. The van der Waals surface area contributed by atoms with Gasteiger partial charge in [-0.25, -0.2) is 4.79 Å². The highest BCUT2D eigenvalue weighted by atomic mass is 16.8. The number of methoxy groups -OCH3 is 4. The van der Waals surface area contributed by atoms with Crippen LogP contribution in [0.1, 0.15) is 123 Å². The number of esters is 1. The van der Waals surface area contributed by atoms with Crippen LogP contribution < -0.4 is 0 Å². The molecule has 76 heavy (non-hydrogen) atoms. The lowest BCUT2D eigenvalue weighted by Gasteiger charge is -2.67. The molecule has 8 aliphatic rings. The van der Waals surface area contributed by atoms with Gasteiger partial charge in [0.25, 0.3) is 0 Å². The number of carbonyl (C=O) groups excluding carboxylic acids is 2. The fraction of sp³-hybridized carbons (Fsp3) is 0.836. The van der Waals surface area contributed by atoms with Crippen molar-refractivity contribution in [3.05, 3.63) is 41.7 Å². The first-order chi connectivity index (χ1) is 36.0. The van der Waals surface area contributed by atoms with Crippen LogP contribution in [0.5, 0.6) is 0 Å². The van der Waals surface area contributed by atoms with Crippen LogP contribution in [0.2, 0.25) is 0 Å². The summed E-state index contributed by atoms with van der Waals surface area (Å²) in [6.07, 6.45) is -5.24. The Kier molecular flexibility index (Phi) is 17.1. The van der Waals surface area contributed by atoms with Gasteiger partial charge < -0.3 is 87.1 Å². The van der Waals surface area contributed by atoms with Crippen molar-refractivity contribution >= 4 is 11.8 Å². The average molecular weight is 1080 g/mol. The van der Waals surface area contributed by atoms with Crippen molar-refractivity contribution in [2.24, 2.45) is 16.7 Å². The van der Waals surface area contributed by atoms with Gasteiger partial charge >= 0.3 is 5.97 Å². The predicted octanol–water partition coefficient (Wildman–Crippen LogP) is 3.20. The van der Waals surface area contributed by atoms with E-state index in [1.165, 1.54) is 26.4 Å². The van der Waals surface area contributed by atoms with Gasteiger partial charge in [0.15, 0.2) is 30.9 Å². The van der Waals surface area contributed by atoms with E-state index in [-0.39, 0.29) is 37.4 Å². The maximum Gasteiger partial charge on any atom is 0.339 e. The minimum Gasteiger partial charge on any atom is -0.458 e. The van der Waals surface area contributed by atoms with E-state index in [1.54, 1.807) is 47.3 Å². The molecule has 0 amide bonds. The fourth-order valence-electron chi connectivity index (χ4n) is 14.8. The van der Waals surface area contributed by atoms with E-state index < -0.39 is 156 Å². The number of hydrogen-bond acceptors (Lipinski definition) is 21. The third kappa shape index (κ3) is 9.85. The van der Waals surface area contributed by atoms with Gasteiger partial charge in [0.05, 0.1) is 59.8 Å². The summed E-state index contributed by atoms with van der Waals surface area (Å²) >= 11 is 0. The second kappa shape index (κ2) is 22.4. The van der Waals surface area contributed by atoms with Gasteiger partial charge in [-0.2, -0.15) is 0 Å². The summed E-state index contributed by atoms with van der Waals surface area (Å²) in [7, 11) is 6.23. The van der Waals surface area contributed by atoms with Crippen LogP contribution in [0, 0.1) is 16.7 Å². The Hall–Kier alpha value is -2.65. The van der Waals surface area contributed by atoms with Crippen molar-refractivity contribution < 1.29 is 96.7 Å². The van der Waals surface area contributed by atoms with E-state index in [0.29, 0.717) is 38.5 Å². The SMILES string of the molecule is CO[C@@H]1[C@H](O)[C@@H](O[C@@H]2[C@@H](C)O[C@@H](O[C@@H]3[C@@H](C)O[C@@H](O[C@@H]4[C@@H](C)O[C@@H](O[C@@H]5CC[C@@]6(C)C(=CC[C@@]7(O)[C@@H]6C[C@H](OC(=O)c6cccnc6)[C@@]6(C)[C@@]7(O)CC[C@@]6(O)C(C)=O)C5)C[C@H]4OC)C[C@H]3OC)C[C@H]2OC)O[C@@H](C)[C@@H]1O. The first-order valence-corrected chi connectivity index (χ1v) is 27.2. The highest BCUT2D eigenvalue weighted by Crippen LogP contribution is 2.71. The standard InChI is InChI=1S/C55H83NO20/c1-27-43(58)48(67-11)44(59)50(71-27)76-47-30(4)70-42(24-37(47)66-10)75-46-29(3)69-41(23-36(46)65-9)74-45-28(2)68-40(22-35(45)64-8)72-34-15-16-51(6)33(21-34)14-17-54(62)38(51)25-39(73-49(60)32-13-12-20-56-26-32)52(7)53(61,31(5)57)18-19-55(52,54)63/h12-14,20,26-30,34-48,50,58-59,61-63H,15-19,21-25H2,1-11H3/t27-,28+,29+,30+,34+,35+,36+,37+,38+,39-,40-,41-,42-,43-,44-,45+,46+,47+,48-,50+,51-,52+,53+,54+,55-/m0/s1. The minimum absolute atomic E-state index is 0.0621. The topological polar surface area (TPSA) is 268 Å². The molecule has 1 aromatic rings. The van der Waals surface area contributed by atoms with Gasteiger partial charge in [-0.15, -0.1) is 0 Å². The third-order valence-electron chi connectivity index (χ3n) is 19.4. The molecule has 7 fully saturated rings. The molecule has 0 spiro atoms. The van der Waals surface area contributed by atoms with Gasteiger partial charge in [-0.1, -0.05) is 18.6 Å². The monoisotopic (exact) mass is 1080 g/mol. The van der Waals surface area contributed by atoms with Crippen LogP contribution >= 0.6 is 0 Å². The summed E-state index contributed by atoms with van der Waals surface area (Å²) in [6, 6.07) is 3.19. The minimum atomic E-state index is -2.06. The number of carbonyl (C=O) groups is 2. The molecule has 4 aliphatic carbocycles. The molecule has 0 radical (unpaired) electrons. The normalized spacial score (nSPS) is 49.4. The largest absolute Gasteiger partial charge is 0.458 e. The zero-order valence-corrected chi connectivity index (χ0v) is 45.8. The van der Waals surface area contributed by atoms with E-state index in [0.717, 1.165) is 5.57 Å². The molecule has 0 bridgehead atoms. The Balaban J connectivity index is 0.810. The Morgan fingerprint density at radius 2 is 1.25 bits per heavy atom. The summed E-state index contributed by atoms with van der Waals surface area (Å²) in [4.78, 5) is 31.1. The summed E-state index contributed by atoms with van der Waals surface area (Å²) in [5, 5.41) is 59.4. The molecule has 428 valence electrons. The zero-order chi connectivity index (χ0) is 54.9. The lowest BCUT2D eigenvalue weighted by atomic mass is 9.42. The molecule has 9 rings (SSSR count). The highest BCUT2D eigenvalue weighted by molar-refractivity contribution is 5.90. The van der Waals surface area contributed by atoms with Crippen molar-refractivity contribution in [1.29, 1.82) is 0 Å². The first kappa shape index (κ1) is 58.0. The molecule has 4 saturated heterocycles. The molecule has 21 nitrogen and oxygen atoms in total. The Morgan fingerprint density at radius 1 is 0.684 bits per heavy atom. The number of ether oxygens (including phenoxy) is 13. The molecular formula is C55H83NO20. The van der Waals surface area contributed by atoms with Gasteiger partial charge in [-0.05, 0) is 104 Å². The summed E-state index contributed by atoms with van der Waals surface area (Å²) in [6.45, 7) is 12.3. The second-order valence-electron chi connectivity index (χ2n) is 23.2. The number of aromatic nitrogens is 1. The lowest BCUT2D eigenvalue weighted by Crippen LogP contribution is -2.78. The van der Waals surface area contributed by atoms with Gasteiger partial charge in [0.1, 0.15) is 59.5 Å². The molecular weight excluding hydrogens is 995 g/mol. The number of fused-ring (bicyclic) bond motifs is 5. The molecule has 5 heterocycles. The number of rotatable bonds is 15. The highest BCUT2D eigenvalue weighted by Gasteiger charge is 2.81. The predicted molar refractivity (Wildman–Crippen MR) is 265 cm³/mol.